The Balaban J connectivity index is 1.57. The second-order valence-electron chi connectivity index (χ2n) is 9.33. The van der Waals surface area contributed by atoms with Gasteiger partial charge in [0.05, 0.1) is 0 Å². The van der Waals surface area contributed by atoms with E-state index in [4.69, 9.17) is 27.9 Å². The van der Waals surface area contributed by atoms with Gasteiger partial charge in [0.25, 0.3) is 0 Å². The number of halogens is 2. The van der Waals surface area contributed by atoms with E-state index < -0.39 is 5.60 Å². The maximum Gasteiger partial charge on any atom is 0.327 e. The number of rotatable bonds is 6. The lowest BCUT2D eigenvalue weighted by molar-refractivity contribution is -0.152. The van der Waals surface area contributed by atoms with E-state index in [0.29, 0.717) is 23.0 Å². The topological polar surface area (TPSA) is 61.9 Å². The van der Waals surface area contributed by atoms with Gasteiger partial charge in [-0.15, -0.1) is 0 Å². The molecule has 0 aliphatic carbocycles. The Bertz CT molecular complexity index is 1240. The number of hydrogen-bond acceptors (Lipinski definition) is 5. The second kappa shape index (κ2) is 11.0. The van der Waals surface area contributed by atoms with Gasteiger partial charge >= 0.3 is 12.0 Å². The molecule has 188 valence electrons. The van der Waals surface area contributed by atoms with Crippen molar-refractivity contribution in [2.45, 2.75) is 37.7 Å². The first kappa shape index (κ1) is 26.2. The minimum Gasteiger partial charge on any atom is -0.459 e. The molecule has 1 aliphatic heterocycles. The fourth-order valence-corrected chi connectivity index (χ4v) is 5.50. The van der Waals surface area contributed by atoms with Gasteiger partial charge in [-0.1, -0.05) is 41.4 Å². The van der Waals surface area contributed by atoms with Crippen LogP contribution < -0.4 is 14.5 Å². The Kier molecular flexibility index (Phi) is 8.03. The van der Waals surface area contributed by atoms with Gasteiger partial charge in [0.2, 0.25) is 0 Å². The zero-order valence-corrected chi connectivity index (χ0v) is 22.6. The van der Waals surface area contributed by atoms with Crippen LogP contribution in [0, 0.1) is 0 Å². The second-order valence-corrected chi connectivity index (χ2v) is 11.3. The highest BCUT2D eigenvalue weighted by Crippen LogP contribution is 2.37. The molecule has 0 fully saturated rings. The van der Waals surface area contributed by atoms with Crippen molar-refractivity contribution in [3.8, 4) is 0 Å². The summed E-state index contributed by atoms with van der Waals surface area (Å²) in [7, 11) is 0. The Hall–Kier alpha value is -2.87. The number of hydrogen-bond donors (Lipinski definition) is 1. The van der Waals surface area contributed by atoms with Crippen molar-refractivity contribution >= 4 is 64.2 Å². The normalized spacial score (nSPS) is 12.8. The minimum absolute atomic E-state index is 0.0169. The maximum absolute atomic E-state index is 12.9. The molecule has 0 atom stereocenters. The molecule has 0 spiro atoms. The van der Waals surface area contributed by atoms with Crippen LogP contribution >= 0.6 is 35.1 Å². The van der Waals surface area contributed by atoms with E-state index in [1.165, 1.54) is 11.9 Å². The number of carbonyl (C=O) groups excluding carboxylic acids is 2. The number of amides is 2. The predicted molar refractivity (Wildman–Crippen MR) is 148 cm³/mol. The quantitative estimate of drug-likeness (QED) is 0.258. The molecule has 2 amide bonds. The fraction of sp³-hybridized carbons (Fsp3) is 0.259. The average molecular weight is 545 g/mol. The first-order valence-electron chi connectivity index (χ1n) is 11.5. The zero-order valence-electron chi connectivity index (χ0n) is 20.3. The molecule has 0 saturated heterocycles. The fourth-order valence-electron chi connectivity index (χ4n) is 3.84. The molecule has 3 aromatic rings. The molecule has 0 aromatic heterocycles. The number of urea groups is 1. The van der Waals surface area contributed by atoms with E-state index in [1.807, 2.05) is 73.6 Å². The van der Waals surface area contributed by atoms with Crippen LogP contribution in [0.2, 0.25) is 10.0 Å². The minimum atomic E-state index is -0.600. The van der Waals surface area contributed by atoms with Crippen LogP contribution in [0.4, 0.5) is 21.9 Å². The van der Waals surface area contributed by atoms with Crippen molar-refractivity contribution in [3.05, 3.63) is 82.3 Å². The summed E-state index contributed by atoms with van der Waals surface area (Å²) >= 11 is 13.8. The van der Waals surface area contributed by atoms with Crippen molar-refractivity contribution < 1.29 is 14.3 Å². The van der Waals surface area contributed by atoms with Crippen molar-refractivity contribution in [1.82, 2.24) is 0 Å². The summed E-state index contributed by atoms with van der Waals surface area (Å²) in [4.78, 5) is 28.1. The third-order valence-corrected chi connectivity index (χ3v) is 6.70. The van der Waals surface area contributed by atoms with E-state index in [9.17, 15) is 9.59 Å². The van der Waals surface area contributed by atoms with Crippen LogP contribution in [0.25, 0.3) is 0 Å². The maximum atomic E-state index is 12.9. The molecule has 4 rings (SSSR count). The molecule has 0 radical (unpaired) electrons. The van der Waals surface area contributed by atoms with Gasteiger partial charge < -0.3 is 14.4 Å². The number of anilines is 3. The molecule has 1 N–H and O–H groups in total. The molecule has 36 heavy (non-hydrogen) atoms. The summed E-state index contributed by atoms with van der Waals surface area (Å²) < 4.78 is 7.42. The highest BCUT2D eigenvalue weighted by atomic mass is 35.5. The van der Waals surface area contributed by atoms with Crippen molar-refractivity contribution in [3.63, 3.8) is 0 Å². The number of nitrogens with one attached hydrogen (secondary N) is 1. The summed E-state index contributed by atoms with van der Waals surface area (Å²) in [6.07, 6.45) is 0.708. The number of fused-ring (bicyclic) bond motifs is 1. The average Bonchev–Trinajstić information content (AvgIpc) is 3.21. The third-order valence-electron chi connectivity index (χ3n) is 5.26. The third kappa shape index (κ3) is 6.87. The Morgan fingerprint density at radius 3 is 2.39 bits per heavy atom. The van der Waals surface area contributed by atoms with E-state index in [-0.39, 0.29) is 18.5 Å². The molecular weight excluding hydrogens is 517 g/mol. The van der Waals surface area contributed by atoms with E-state index in [1.54, 1.807) is 23.1 Å². The van der Waals surface area contributed by atoms with E-state index in [0.717, 1.165) is 27.5 Å². The van der Waals surface area contributed by atoms with Gasteiger partial charge in [0.1, 0.15) is 12.1 Å². The first-order chi connectivity index (χ1) is 17.1. The Morgan fingerprint density at radius 2 is 1.72 bits per heavy atom. The molecule has 6 nitrogen and oxygen atoms in total. The van der Waals surface area contributed by atoms with Gasteiger partial charge in [-0.2, -0.15) is 0 Å². The molecular formula is C27H27Cl2N3O3S. The number of para-hydroxylation sites is 1. The van der Waals surface area contributed by atoms with Gasteiger partial charge in [-0.3, -0.25) is 9.69 Å². The van der Waals surface area contributed by atoms with Gasteiger partial charge in [0, 0.05) is 38.5 Å². The predicted octanol–water partition coefficient (Wildman–Crippen LogP) is 7.44. The van der Waals surface area contributed by atoms with Crippen molar-refractivity contribution in [1.29, 1.82) is 0 Å². The Morgan fingerprint density at radius 1 is 1.03 bits per heavy atom. The first-order valence-corrected chi connectivity index (χ1v) is 13.0. The van der Waals surface area contributed by atoms with Crippen LogP contribution in [0.3, 0.4) is 0 Å². The van der Waals surface area contributed by atoms with E-state index >= 15 is 0 Å². The highest BCUT2D eigenvalue weighted by molar-refractivity contribution is 8.00. The SMILES string of the molecule is CC(C)(C)OC(=O)CN(Sc1cc(Cl)cc(Cl)c1)c1ccc2c(c1)CCN2C(=O)Nc1ccccc1. The lowest BCUT2D eigenvalue weighted by atomic mass is 10.1. The number of benzene rings is 3. The monoisotopic (exact) mass is 543 g/mol. The van der Waals surface area contributed by atoms with Crippen LogP contribution in [0.15, 0.2) is 71.6 Å². The van der Waals surface area contributed by atoms with E-state index in [2.05, 4.69) is 5.32 Å². The summed E-state index contributed by atoms with van der Waals surface area (Å²) in [5, 5.41) is 3.96. The molecule has 0 bridgehead atoms. The number of nitrogens with zero attached hydrogens (tertiary/aromatic N) is 2. The van der Waals surface area contributed by atoms with Gasteiger partial charge in [0.15, 0.2) is 0 Å². The molecule has 0 unspecified atom stereocenters. The highest BCUT2D eigenvalue weighted by Gasteiger charge is 2.27. The Labute approximate surface area is 225 Å². The molecule has 9 heteroatoms. The summed E-state index contributed by atoms with van der Waals surface area (Å²) in [5.74, 6) is -0.354. The standard InChI is InChI=1S/C27H27Cl2N3O3S/c1-27(2,3)35-25(33)17-32(36-23-15-19(28)14-20(29)16-23)22-9-10-24-18(13-22)11-12-31(24)26(34)30-21-7-5-4-6-8-21/h4-10,13-16H,11-12,17H2,1-3H3,(H,30,34). The van der Waals surface area contributed by atoms with Crippen molar-refractivity contribution in [2.24, 2.45) is 0 Å². The summed E-state index contributed by atoms with van der Waals surface area (Å²) in [6.45, 7) is 6.10. The zero-order chi connectivity index (χ0) is 25.9. The van der Waals surface area contributed by atoms with Gasteiger partial charge in [-0.05, 0) is 93.2 Å². The lowest BCUT2D eigenvalue weighted by Gasteiger charge is -2.26. The molecule has 0 saturated carbocycles. The molecule has 1 heterocycles. The number of carbonyl (C=O) groups is 2. The lowest BCUT2D eigenvalue weighted by Crippen LogP contribution is -2.33. The molecule has 1 aliphatic rings. The van der Waals surface area contributed by atoms with Crippen LogP contribution in [0.1, 0.15) is 26.3 Å². The summed E-state index contributed by atoms with van der Waals surface area (Å²) in [5.41, 5.74) is 2.82. The number of esters is 1. The van der Waals surface area contributed by atoms with Crippen LogP contribution in [-0.2, 0) is 16.0 Å². The van der Waals surface area contributed by atoms with Crippen LogP contribution in [-0.4, -0.2) is 30.7 Å². The van der Waals surface area contributed by atoms with Crippen molar-refractivity contribution in [2.75, 3.05) is 27.6 Å². The summed E-state index contributed by atoms with van der Waals surface area (Å²) in [6, 6.07) is 20.3. The molecule has 3 aromatic carbocycles. The largest absolute Gasteiger partial charge is 0.459 e. The smallest absolute Gasteiger partial charge is 0.327 e. The number of ether oxygens (including phenoxy) is 1. The van der Waals surface area contributed by atoms with Gasteiger partial charge in [-0.25, -0.2) is 4.79 Å². The van der Waals surface area contributed by atoms with Crippen LogP contribution in [0.5, 0.6) is 0 Å².